The van der Waals surface area contributed by atoms with Crippen LogP contribution in [0, 0.1) is 0 Å². The fourth-order valence-corrected chi connectivity index (χ4v) is 3.14. The van der Waals surface area contributed by atoms with Crippen LogP contribution in [0.4, 0.5) is 0 Å². The maximum atomic E-state index is 5.75. The first-order chi connectivity index (χ1) is 12.6. The van der Waals surface area contributed by atoms with Crippen LogP contribution >= 0.6 is 24.0 Å². The van der Waals surface area contributed by atoms with E-state index in [9.17, 15) is 0 Å². The molecule has 1 saturated heterocycles. The van der Waals surface area contributed by atoms with Gasteiger partial charge in [0.05, 0.1) is 25.4 Å². The number of rotatable bonds is 8. The van der Waals surface area contributed by atoms with E-state index in [4.69, 9.17) is 14.5 Å². The lowest BCUT2D eigenvalue weighted by Gasteiger charge is -2.34. The molecule has 2 rings (SSSR count). The summed E-state index contributed by atoms with van der Waals surface area (Å²) in [5.41, 5.74) is 2.42. The van der Waals surface area contributed by atoms with Gasteiger partial charge in [-0.3, -0.25) is 0 Å². The smallest absolute Gasteiger partial charge is 0.194 e. The molecular formula is C21H36IN3O2. The van der Waals surface area contributed by atoms with E-state index in [1.54, 1.807) is 0 Å². The van der Waals surface area contributed by atoms with Crippen LogP contribution in [0.15, 0.2) is 29.3 Å². The molecule has 0 amide bonds. The zero-order chi connectivity index (χ0) is 18.8. The molecule has 1 heterocycles. The number of aliphatic imine (C=N–C) groups is 1. The number of ether oxygens (including phenoxy) is 2. The molecule has 27 heavy (non-hydrogen) atoms. The van der Waals surface area contributed by atoms with Crippen LogP contribution < -0.4 is 5.32 Å². The molecular weight excluding hydrogens is 453 g/mol. The third kappa shape index (κ3) is 8.79. The summed E-state index contributed by atoms with van der Waals surface area (Å²) in [6.07, 6.45) is 2.79. The summed E-state index contributed by atoms with van der Waals surface area (Å²) >= 11 is 0. The summed E-state index contributed by atoms with van der Waals surface area (Å²) in [5, 5.41) is 3.43. The predicted molar refractivity (Wildman–Crippen MR) is 123 cm³/mol. The number of nitrogens with one attached hydrogen (secondary N) is 1. The summed E-state index contributed by atoms with van der Waals surface area (Å²) in [6, 6.07) is 8.52. The van der Waals surface area contributed by atoms with E-state index in [-0.39, 0.29) is 30.1 Å². The summed E-state index contributed by atoms with van der Waals surface area (Å²) in [6.45, 7) is 13.3. The Hall–Kier alpha value is -0.860. The van der Waals surface area contributed by atoms with Crippen molar-refractivity contribution in [3.8, 4) is 0 Å². The van der Waals surface area contributed by atoms with Gasteiger partial charge in [-0.25, -0.2) is 4.99 Å². The van der Waals surface area contributed by atoms with E-state index in [0.717, 1.165) is 45.0 Å². The molecule has 0 atom stereocenters. The lowest BCUT2D eigenvalue weighted by molar-refractivity contribution is 0.0263. The van der Waals surface area contributed by atoms with E-state index < -0.39 is 0 Å². The number of hydrogen-bond acceptors (Lipinski definition) is 3. The number of halogens is 1. The molecule has 1 aliphatic heterocycles. The number of benzene rings is 1. The van der Waals surface area contributed by atoms with Crippen molar-refractivity contribution >= 4 is 29.9 Å². The van der Waals surface area contributed by atoms with Gasteiger partial charge >= 0.3 is 0 Å². The second-order valence-corrected chi connectivity index (χ2v) is 6.99. The van der Waals surface area contributed by atoms with E-state index >= 15 is 0 Å². The third-order valence-electron chi connectivity index (χ3n) is 4.46. The van der Waals surface area contributed by atoms with E-state index in [1.807, 2.05) is 0 Å². The van der Waals surface area contributed by atoms with Crippen LogP contribution in [0.5, 0.6) is 0 Å². The Kier molecular flexibility index (Phi) is 11.9. The topological polar surface area (TPSA) is 46.1 Å². The Balaban J connectivity index is 0.00000364. The average molecular weight is 489 g/mol. The normalized spacial score (nSPS) is 15.7. The Morgan fingerprint density at radius 1 is 1.22 bits per heavy atom. The van der Waals surface area contributed by atoms with Crippen LogP contribution in [0.1, 0.15) is 51.7 Å². The molecule has 0 aromatic heterocycles. The number of likely N-dealkylation sites (tertiary alicyclic amines) is 1. The van der Waals surface area contributed by atoms with Crippen molar-refractivity contribution in [3.05, 3.63) is 35.4 Å². The SMILES string of the molecule is CCNC(=NCc1cccc(COC(C)C)c1)N1CCC(OCC)CC1.I. The summed E-state index contributed by atoms with van der Waals surface area (Å²) in [4.78, 5) is 7.22. The Bertz CT molecular complexity index is 558. The van der Waals surface area contributed by atoms with Gasteiger partial charge in [0.25, 0.3) is 0 Å². The van der Waals surface area contributed by atoms with Crippen LogP contribution in [0.25, 0.3) is 0 Å². The zero-order valence-electron chi connectivity index (χ0n) is 17.2. The molecule has 1 aromatic carbocycles. The summed E-state index contributed by atoms with van der Waals surface area (Å²) in [5.74, 6) is 1.01. The van der Waals surface area contributed by atoms with Crippen LogP contribution in [-0.2, 0) is 22.6 Å². The Labute approximate surface area is 181 Å². The third-order valence-corrected chi connectivity index (χ3v) is 4.46. The fraction of sp³-hybridized carbons (Fsp3) is 0.667. The van der Waals surface area contributed by atoms with E-state index in [2.05, 4.69) is 62.2 Å². The van der Waals surface area contributed by atoms with Gasteiger partial charge < -0.3 is 19.7 Å². The van der Waals surface area contributed by atoms with Crippen molar-refractivity contribution in [1.29, 1.82) is 0 Å². The zero-order valence-corrected chi connectivity index (χ0v) is 19.6. The molecule has 0 bridgehead atoms. The van der Waals surface area contributed by atoms with Crippen LogP contribution in [-0.4, -0.2) is 49.3 Å². The quantitative estimate of drug-likeness (QED) is 0.338. The van der Waals surface area contributed by atoms with Gasteiger partial charge in [0, 0.05) is 26.2 Å². The van der Waals surface area contributed by atoms with Crippen LogP contribution in [0.2, 0.25) is 0 Å². The van der Waals surface area contributed by atoms with E-state index in [1.165, 1.54) is 11.1 Å². The van der Waals surface area contributed by atoms with Gasteiger partial charge in [0.15, 0.2) is 5.96 Å². The molecule has 1 fully saturated rings. The van der Waals surface area contributed by atoms with Gasteiger partial charge in [0.2, 0.25) is 0 Å². The lowest BCUT2D eigenvalue weighted by atomic mass is 10.1. The standard InChI is InChI=1S/C21H35N3O2.HI/c1-5-22-21(24-12-10-20(11-13-24)25-6-2)23-15-18-8-7-9-19(14-18)16-26-17(3)4;/h7-9,14,17,20H,5-6,10-13,15-16H2,1-4H3,(H,22,23);1H. The minimum atomic E-state index is 0. The molecule has 0 spiro atoms. The Morgan fingerprint density at radius 3 is 2.56 bits per heavy atom. The van der Waals surface area contributed by atoms with Gasteiger partial charge in [0.1, 0.15) is 0 Å². The maximum absolute atomic E-state index is 5.75. The van der Waals surface area contributed by atoms with Crippen molar-refractivity contribution < 1.29 is 9.47 Å². The molecule has 1 aromatic rings. The highest BCUT2D eigenvalue weighted by Crippen LogP contribution is 2.14. The number of hydrogen-bond donors (Lipinski definition) is 1. The molecule has 0 unspecified atom stereocenters. The van der Waals surface area contributed by atoms with E-state index in [0.29, 0.717) is 19.3 Å². The number of piperidine rings is 1. The maximum Gasteiger partial charge on any atom is 0.194 e. The first-order valence-electron chi connectivity index (χ1n) is 9.96. The van der Waals surface area contributed by atoms with Gasteiger partial charge in [-0.15, -0.1) is 24.0 Å². The first-order valence-corrected chi connectivity index (χ1v) is 9.96. The van der Waals surface area contributed by atoms with Crippen molar-refractivity contribution in [2.24, 2.45) is 4.99 Å². The van der Waals surface area contributed by atoms with Gasteiger partial charge in [-0.2, -0.15) is 0 Å². The lowest BCUT2D eigenvalue weighted by Crippen LogP contribution is -2.47. The highest BCUT2D eigenvalue weighted by Gasteiger charge is 2.21. The molecule has 0 saturated carbocycles. The second kappa shape index (κ2) is 13.3. The molecule has 0 radical (unpaired) electrons. The summed E-state index contributed by atoms with van der Waals surface area (Å²) in [7, 11) is 0. The second-order valence-electron chi connectivity index (χ2n) is 6.99. The predicted octanol–water partition coefficient (Wildman–Crippen LogP) is 4.20. The molecule has 6 heteroatoms. The molecule has 154 valence electrons. The molecule has 1 aliphatic rings. The van der Waals surface area contributed by atoms with Crippen molar-refractivity contribution in [2.75, 3.05) is 26.2 Å². The van der Waals surface area contributed by atoms with Gasteiger partial charge in [-0.1, -0.05) is 24.3 Å². The number of guanidine groups is 1. The van der Waals surface area contributed by atoms with Crippen molar-refractivity contribution in [3.63, 3.8) is 0 Å². The first kappa shape index (κ1) is 24.2. The van der Waals surface area contributed by atoms with Crippen molar-refractivity contribution in [2.45, 2.75) is 65.9 Å². The Morgan fingerprint density at radius 2 is 1.93 bits per heavy atom. The van der Waals surface area contributed by atoms with Crippen molar-refractivity contribution in [1.82, 2.24) is 10.2 Å². The molecule has 1 N–H and O–H groups in total. The molecule has 0 aliphatic carbocycles. The largest absolute Gasteiger partial charge is 0.378 e. The highest BCUT2D eigenvalue weighted by molar-refractivity contribution is 14.0. The van der Waals surface area contributed by atoms with Crippen LogP contribution in [0.3, 0.4) is 0 Å². The minimum Gasteiger partial charge on any atom is -0.378 e. The minimum absolute atomic E-state index is 0. The number of nitrogens with zero attached hydrogens (tertiary/aromatic N) is 2. The summed E-state index contributed by atoms with van der Waals surface area (Å²) < 4.78 is 11.5. The monoisotopic (exact) mass is 489 g/mol. The highest BCUT2D eigenvalue weighted by atomic mass is 127. The van der Waals surface area contributed by atoms with Gasteiger partial charge in [-0.05, 0) is 51.7 Å². The molecule has 5 nitrogen and oxygen atoms in total. The fourth-order valence-electron chi connectivity index (χ4n) is 3.14. The average Bonchev–Trinajstić information content (AvgIpc) is 2.65.